The van der Waals surface area contributed by atoms with Crippen LogP contribution in [-0.2, 0) is 0 Å². The first-order chi connectivity index (χ1) is 23.7. The van der Waals surface area contributed by atoms with Crippen LogP contribution < -0.4 is 0 Å². The Kier molecular flexibility index (Phi) is 6.48. The standard InChI is InChI=1S/C44H26N4/c45-26-28-9-11-34(12-10-28)44-47-40(25-41(48-44)36-7-2-6-35(24-36)37-8-3-23-46-27-37)30-15-13-29(14-16-30)38-21-19-33-18-17-31-4-1-5-32-20-22-39(38)43(33)42(31)32/h1-25,27H. The van der Waals surface area contributed by atoms with E-state index >= 15 is 0 Å². The molecule has 0 spiro atoms. The molecule has 0 N–H and O–H groups in total. The number of aromatic nitrogens is 3. The minimum atomic E-state index is 0.599. The van der Waals surface area contributed by atoms with E-state index in [2.05, 4.69) is 120 Å². The van der Waals surface area contributed by atoms with E-state index in [4.69, 9.17) is 9.97 Å². The minimum Gasteiger partial charge on any atom is -0.264 e. The molecule has 0 aliphatic rings. The fourth-order valence-electron chi connectivity index (χ4n) is 6.77. The second-order valence-corrected chi connectivity index (χ2v) is 12.0. The van der Waals surface area contributed by atoms with E-state index in [1.165, 1.54) is 37.9 Å². The average molecular weight is 611 g/mol. The van der Waals surface area contributed by atoms with Gasteiger partial charge in [0.2, 0.25) is 0 Å². The highest BCUT2D eigenvalue weighted by Gasteiger charge is 2.14. The van der Waals surface area contributed by atoms with Crippen molar-refractivity contribution in [3.8, 4) is 62.2 Å². The van der Waals surface area contributed by atoms with Gasteiger partial charge in [0.15, 0.2) is 5.82 Å². The maximum atomic E-state index is 9.35. The molecular formula is C44H26N4. The van der Waals surface area contributed by atoms with Crippen LogP contribution in [-0.4, -0.2) is 15.0 Å². The molecule has 0 bridgehead atoms. The molecule has 7 aromatic carbocycles. The summed E-state index contributed by atoms with van der Waals surface area (Å²) >= 11 is 0. The highest BCUT2D eigenvalue weighted by Crippen LogP contribution is 2.40. The van der Waals surface area contributed by atoms with Crippen LogP contribution in [0, 0.1) is 11.3 Å². The van der Waals surface area contributed by atoms with Gasteiger partial charge in [-0.25, -0.2) is 9.97 Å². The van der Waals surface area contributed by atoms with Gasteiger partial charge in [-0.3, -0.25) is 4.98 Å². The number of hydrogen-bond donors (Lipinski definition) is 0. The molecular weight excluding hydrogens is 585 g/mol. The zero-order valence-corrected chi connectivity index (χ0v) is 25.8. The summed E-state index contributed by atoms with van der Waals surface area (Å²) in [7, 11) is 0. The Morgan fingerprint density at radius 2 is 1.08 bits per heavy atom. The Hall–Kier alpha value is -6.70. The number of nitrogens with zero attached hydrogens (tertiary/aromatic N) is 4. The van der Waals surface area contributed by atoms with Crippen LogP contribution in [0.15, 0.2) is 158 Å². The fraction of sp³-hybridized carbons (Fsp3) is 0. The lowest BCUT2D eigenvalue weighted by atomic mass is 9.89. The first kappa shape index (κ1) is 27.6. The third-order valence-corrected chi connectivity index (χ3v) is 9.17. The second kappa shape index (κ2) is 11.3. The molecule has 48 heavy (non-hydrogen) atoms. The monoisotopic (exact) mass is 610 g/mol. The van der Waals surface area contributed by atoms with E-state index in [0.29, 0.717) is 11.4 Å². The molecule has 4 heteroatoms. The zero-order chi connectivity index (χ0) is 32.0. The van der Waals surface area contributed by atoms with Crippen LogP contribution in [0.25, 0.3) is 88.5 Å². The molecule has 0 fully saturated rings. The maximum absolute atomic E-state index is 9.35. The molecule has 0 radical (unpaired) electrons. The quantitative estimate of drug-likeness (QED) is 0.182. The van der Waals surface area contributed by atoms with Crippen molar-refractivity contribution in [1.29, 1.82) is 5.26 Å². The smallest absolute Gasteiger partial charge is 0.160 e. The molecule has 222 valence electrons. The van der Waals surface area contributed by atoms with Crippen molar-refractivity contribution in [1.82, 2.24) is 15.0 Å². The van der Waals surface area contributed by atoms with Crippen LogP contribution in [0.5, 0.6) is 0 Å². The van der Waals surface area contributed by atoms with Gasteiger partial charge < -0.3 is 0 Å². The first-order valence-corrected chi connectivity index (χ1v) is 15.9. The van der Waals surface area contributed by atoms with Gasteiger partial charge in [0.1, 0.15) is 0 Å². The largest absolute Gasteiger partial charge is 0.264 e. The molecule has 0 saturated carbocycles. The van der Waals surface area contributed by atoms with Gasteiger partial charge in [0.05, 0.1) is 23.0 Å². The summed E-state index contributed by atoms with van der Waals surface area (Å²) < 4.78 is 0. The van der Waals surface area contributed by atoms with E-state index in [0.717, 1.165) is 44.8 Å². The molecule has 4 nitrogen and oxygen atoms in total. The lowest BCUT2D eigenvalue weighted by molar-refractivity contribution is 1.18. The van der Waals surface area contributed by atoms with Gasteiger partial charge in [0.25, 0.3) is 0 Å². The SMILES string of the molecule is N#Cc1ccc(-c2nc(-c3ccc(-c4ccc5ccc6cccc7ccc4c5c67)cc3)cc(-c3cccc(-c4cccnc4)c3)n2)cc1. The Balaban J connectivity index is 1.16. The van der Waals surface area contributed by atoms with E-state index in [-0.39, 0.29) is 0 Å². The lowest BCUT2D eigenvalue weighted by Crippen LogP contribution is -1.96. The normalized spacial score (nSPS) is 11.3. The molecule has 0 unspecified atom stereocenters. The Bertz CT molecular complexity index is 2640. The highest BCUT2D eigenvalue weighted by molar-refractivity contribution is 6.25. The van der Waals surface area contributed by atoms with Crippen LogP contribution in [0.4, 0.5) is 0 Å². The molecule has 2 aromatic heterocycles. The molecule has 0 aliphatic heterocycles. The molecule has 0 atom stereocenters. The van der Waals surface area contributed by atoms with Gasteiger partial charge in [-0.1, -0.05) is 103 Å². The number of benzene rings is 7. The van der Waals surface area contributed by atoms with Crippen molar-refractivity contribution < 1.29 is 0 Å². The summed E-state index contributed by atoms with van der Waals surface area (Å²) in [6, 6.07) is 52.6. The molecule has 0 amide bonds. The van der Waals surface area contributed by atoms with Crippen molar-refractivity contribution in [2.24, 2.45) is 0 Å². The van der Waals surface area contributed by atoms with E-state index in [1.807, 2.05) is 30.5 Å². The van der Waals surface area contributed by atoms with Crippen LogP contribution in [0.3, 0.4) is 0 Å². The van der Waals surface area contributed by atoms with Gasteiger partial charge in [-0.2, -0.15) is 5.26 Å². The van der Waals surface area contributed by atoms with Crippen molar-refractivity contribution >= 4 is 32.3 Å². The molecule has 2 heterocycles. The number of nitriles is 1. The van der Waals surface area contributed by atoms with Gasteiger partial charge in [0, 0.05) is 34.6 Å². The van der Waals surface area contributed by atoms with Gasteiger partial charge in [-0.15, -0.1) is 0 Å². The predicted octanol–water partition coefficient (Wildman–Crippen LogP) is 11.0. The number of rotatable bonds is 5. The topological polar surface area (TPSA) is 62.5 Å². The van der Waals surface area contributed by atoms with Crippen LogP contribution in [0.2, 0.25) is 0 Å². The Labute approximate surface area is 277 Å². The third kappa shape index (κ3) is 4.74. The second-order valence-electron chi connectivity index (χ2n) is 12.0. The lowest BCUT2D eigenvalue weighted by Gasteiger charge is -2.14. The summed E-state index contributed by atoms with van der Waals surface area (Å²) in [5.74, 6) is 0.606. The van der Waals surface area contributed by atoms with Crippen molar-refractivity contribution in [3.63, 3.8) is 0 Å². The van der Waals surface area contributed by atoms with E-state index in [1.54, 1.807) is 18.3 Å². The molecule has 0 saturated heterocycles. The van der Waals surface area contributed by atoms with Crippen LogP contribution >= 0.6 is 0 Å². The number of pyridine rings is 1. The third-order valence-electron chi connectivity index (χ3n) is 9.17. The summed E-state index contributed by atoms with van der Waals surface area (Å²) in [5.41, 5.74) is 9.56. The van der Waals surface area contributed by atoms with E-state index in [9.17, 15) is 5.26 Å². The molecule has 0 aliphatic carbocycles. The van der Waals surface area contributed by atoms with Crippen molar-refractivity contribution in [2.45, 2.75) is 0 Å². The summed E-state index contributed by atoms with van der Waals surface area (Å²) in [6.45, 7) is 0. The molecule has 9 rings (SSSR count). The number of hydrogen-bond acceptors (Lipinski definition) is 4. The van der Waals surface area contributed by atoms with Gasteiger partial charge in [-0.05, 0) is 91.5 Å². The summed E-state index contributed by atoms with van der Waals surface area (Å²) in [6.07, 6.45) is 3.65. The molecule has 9 aromatic rings. The van der Waals surface area contributed by atoms with E-state index < -0.39 is 0 Å². The fourth-order valence-corrected chi connectivity index (χ4v) is 6.77. The zero-order valence-electron chi connectivity index (χ0n) is 25.8. The van der Waals surface area contributed by atoms with Gasteiger partial charge >= 0.3 is 0 Å². The van der Waals surface area contributed by atoms with Crippen LogP contribution in [0.1, 0.15) is 5.56 Å². The predicted molar refractivity (Wildman–Crippen MR) is 195 cm³/mol. The average Bonchev–Trinajstić information content (AvgIpc) is 3.17. The van der Waals surface area contributed by atoms with Crippen molar-refractivity contribution in [3.05, 3.63) is 164 Å². The first-order valence-electron chi connectivity index (χ1n) is 15.9. The summed E-state index contributed by atoms with van der Waals surface area (Å²) in [4.78, 5) is 14.4. The summed E-state index contributed by atoms with van der Waals surface area (Å²) in [5, 5.41) is 17.0. The Morgan fingerprint density at radius 1 is 0.458 bits per heavy atom. The highest BCUT2D eigenvalue weighted by atomic mass is 14.9. The van der Waals surface area contributed by atoms with Crippen molar-refractivity contribution in [2.75, 3.05) is 0 Å². The minimum absolute atomic E-state index is 0.599. The Morgan fingerprint density at radius 3 is 1.83 bits per heavy atom. The maximum Gasteiger partial charge on any atom is 0.160 e.